The van der Waals surface area contributed by atoms with Crippen molar-refractivity contribution in [1.29, 1.82) is 0 Å². The average molecular weight is 418 g/mol. The first-order valence-corrected chi connectivity index (χ1v) is 10.6. The monoisotopic (exact) mass is 417 g/mol. The van der Waals surface area contributed by atoms with Crippen LogP contribution in [0.5, 0.6) is 11.5 Å². The van der Waals surface area contributed by atoms with Gasteiger partial charge in [-0.3, -0.25) is 4.79 Å². The van der Waals surface area contributed by atoms with Crippen LogP contribution in [0.1, 0.15) is 31.0 Å². The minimum absolute atomic E-state index is 0.102. The van der Waals surface area contributed by atoms with E-state index in [4.69, 9.17) is 9.47 Å². The van der Waals surface area contributed by atoms with Crippen molar-refractivity contribution < 1.29 is 14.3 Å². The van der Waals surface area contributed by atoms with Gasteiger partial charge in [-0.05, 0) is 68.1 Å². The number of carbonyl (C=O) groups is 1. The molecule has 4 rings (SSSR count). The van der Waals surface area contributed by atoms with E-state index in [1.54, 1.807) is 13.2 Å². The Bertz CT molecular complexity index is 1080. The second-order valence-electron chi connectivity index (χ2n) is 7.51. The Labute approximate surface area is 182 Å². The van der Waals surface area contributed by atoms with E-state index in [1.807, 2.05) is 61.7 Å². The van der Waals surface area contributed by atoms with Gasteiger partial charge in [0.25, 0.3) is 5.91 Å². The molecule has 3 aromatic rings. The number of hydrogen-bond acceptors (Lipinski definition) is 4. The summed E-state index contributed by atoms with van der Waals surface area (Å²) in [6.45, 7) is 2.87. The molecular formula is C25H27N3O3. The topological polar surface area (TPSA) is 65.4 Å². The van der Waals surface area contributed by atoms with Crippen LogP contribution in [0.4, 0.5) is 5.69 Å². The van der Waals surface area contributed by atoms with Gasteiger partial charge in [-0.25, -0.2) is 4.98 Å². The molecule has 1 N–H and O–H groups in total. The zero-order valence-electron chi connectivity index (χ0n) is 17.9. The molecule has 160 valence electrons. The van der Waals surface area contributed by atoms with Crippen molar-refractivity contribution >= 4 is 17.7 Å². The van der Waals surface area contributed by atoms with Crippen molar-refractivity contribution in [2.45, 2.75) is 32.7 Å². The highest BCUT2D eigenvalue weighted by atomic mass is 16.5. The highest BCUT2D eigenvalue weighted by molar-refractivity contribution is 5.92. The molecule has 0 bridgehead atoms. The molecule has 0 unspecified atom stereocenters. The molecule has 1 aliphatic heterocycles. The third-order valence-electron chi connectivity index (χ3n) is 5.34. The SMILES string of the molecule is C/C=C/c1ccc(OCC(=O)Nc2ccc(-c3ncc4n3CCCC4)cc2)c(OC)c1. The van der Waals surface area contributed by atoms with Crippen LogP contribution in [0.25, 0.3) is 17.5 Å². The van der Waals surface area contributed by atoms with Gasteiger partial charge in [0.15, 0.2) is 18.1 Å². The Balaban J connectivity index is 1.37. The number of methoxy groups -OCH3 is 1. The number of anilines is 1. The molecule has 6 heteroatoms. The summed E-state index contributed by atoms with van der Waals surface area (Å²) in [6.07, 6.45) is 9.40. The molecule has 31 heavy (non-hydrogen) atoms. The molecule has 6 nitrogen and oxygen atoms in total. The van der Waals surface area contributed by atoms with Crippen molar-refractivity contribution in [3.8, 4) is 22.9 Å². The fourth-order valence-corrected chi connectivity index (χ4v) is 3.81. The van der Waals surface area contributed by atoms with Gasteiger partial charge in [0, 0.05) is 29.7 Å². The number of rotatable bonds is 7. The maximum Gasteiger partial charge on any atom is 0.262 e. The van der Waals surface area contributed by atoms with Gasteiger partial charge >= 0.3 is 0 Å². The molecule has 0 saturated heterocycles. The summed E-state index contributed by atoms with van der Waals surface area (Å²) in [5.74, 6) is 1.89. The van der Waals surface area contributed by atoms with E-state index in [2.05, 4.69) is 14.9 Å². The number of aromatic nitrogens is 2. The van der Waals surface area contributed by atoms with Crippen LogP contribution in [0.2, 0.25) is 0 Å². The third kappa shape index (κ3) is 4.79. The van der Waals surface area contributed by atoms with Crippen LogP contribution >= 0.6 is 0 Å². The lowest BCUT2D eigenvalue weighted by molar-refractivity contribution is -0.118. The lowest BCUT2D eigenvalue weighted by Crippen LogP contribution is -2.20. The first kappa shape index (κ1) is 20.7. The Morgan fingerprint density at radius 3 is 2.77 bits per heavy atom. The predicted octanol–water partition coefficient (Wildman–Crippen LogP) is 4.95. The Morgan fingerprint density at radius 1 is 1.16 bits per heavy atom. The molecule has 0 saturated carbocycles. The standard InChI is InChI=1S/C25H27N3O3/c1-3-6-18-8-13-22(23(15-18)30-2)31-17-24(29)27-20-11-9-19(10-12-20)25-26-16-21-7-4-5-14-28(21)25/h3,6,8-13,15-16H,4-5,7,14,17H2,1-2H3,(H,27,29)/b6-3+. The molecule has 0 atom stereocenters. The average Bonchev–Trinajstić information content (AvgIpc) is 3.23. The lowest BCUT2D eigenvalue weighted by Gasteiger charge is -2.16. The Morgan fingerprint density at radius 2 is 2.00 bits per heavy atom. The number of fused-ring (bicyclic) bond motifs is 1. The van der Waals surface area contributed by atoms with Crippen LogP contribution in [-0.4, -0.2) is 29.2 Å². The first-order valence-electron chi connectivity index (χ1n) is 10.6. The summed E-state index contributed by atoms with van der Waals surface area (Å²) in [6, 6.07) is 13.4. The smallest absolute Gasteiger partial charge is 0.262 e. The minimum Gasteiger partial charge on any atom is -0.493 e. The predicted molar refractivity (Wildman–Crippen MR) is 122 cm³/mol. The number of nitrogens with one attached hydrogen (secondary N) is 1. The summed E-state index contributed by atoms with van der Waals surface area (Å²) in [5, 5.41) is 2.87. The molecule has 1 aliphatic rings. The molecule has 0 spiro atoms. The number of benzene rings is 2. The van der Waals surface area contributed by atoms with E-state index in [9.17, 15) is 4.79 Å². The first-order chi connectivity index (χ1) is 15.2. The van der Waals surface area contributed by atoms with Gasteiger partial charge in [0.05, 0.1) is 7.11 Å². The van der Waals surface area contributed by atoms with E-state index >= 15 is 0 Å². The van der Waals surface area contributed by atoms with Gasteiger partial charge in [-0.1, -0.05) is 18.2 Å². The fraction of sp³-hybridized carbons (Fsp3) is 0.280. The maximum atomic E-state index is 12.4. The number of aryl methyl sites for hydroxylation is 1. The van der Waals surface area contributed by atoms with E-state index in [0.717, 1.165) is 35.6 Å². The zero-order chi connectivity index (χ0) is 21.6. The molecular weight excluding hydrogens is 390 g/mol. The maximum absolute atomic E-state index is 12.4. The zero-order valence-corrected chi connectivity index (χ0v) is 17.9. The van der Waals surface area contributed by atoms with Crippen molar-refractivity contribution in [2.75, 3.05) is 19.0 Å². The number of carbonyl (C=O) groups excluding carboxylic acids is 1. The van der Waals surface area contributed by atoms with Crippen molar-refractivity contribution in [3.05, 3.63) is 66.0 Å². The largest absolute Gasteiger partial charge is 0.493 e. The number of nitrogens with zero attached hydrogens (tertiary/aromatic N) is 2. The molecule has 0 radical (unpaired) electrons. The number of imidazole rings is 1. The van der Waals surface area contributed by atoms with E-state index in [0.29, 0.717) is 11.5 Å². The fourth-order valence-electron chi connectivity index (χ4n) is 3.81. The Hall–Kier alpha value is -3.54. The summed E-state index contributed by atoms with van der Waals surface area (Å²) < 4.78 is 13.3. The molecule has 2 aromatic carbocycles. The van der Waals surface area contributed by atoms with Gasteiger partial charge in [-0.15, -0.1) is 0 Å². The van der Waals surface area contributed by atoms with Crippen LogP contribution in [-0.2, 0) is 17.8 Å². The second kappa shape index (κ2) is 9.51. The third-order valence-corrected chi connectivity index (χ3v) is 5.34. The molecule has 0 aliphatic carbocycles. The van der Waals surface area contributed by atoms with Crippen LogP contribution in [0, 0.1) is 0 Å². The summed E-state index contributed by atoms with van der Waals surface area (Å²) >= 11 is 0. The van der Waals surface area contributed by atoms with Gasteiger partial charge in [0.1, 0.15) is 5.82 Å². The molecule has 2 heterocycles. The van der Waals surface area contributed by atoms with Gasteiger partial charge in [-0.2, -0.15) is 0 Å². The summed E-state index contributed by atoms with van der Waals surface area (Å²) in [7, 11) is 1.58. The van der Waals surface area contributed by atoms with Crippen LogP contribution in [0.3, 0.4) is 0 Å². The van der Waals surface area contributed by atoms with E-state index < -0.39 is 0 Å². The number of hydrogen-bond donors (Lipinski definition) is 1. The molecule has 1 amide bonds. The molecule has 1 aromatic heterocycles. The Kier molecular flexibility index (Phi) is 6.36. The van der Waals surface area contributed by atoms with Gasteiger partial charge < -0.3 is 19.4 Å². The highest BCUT2D eigenvalue weighted by Crippen LogP contribution is 2.29. The highest BCUT2D eigenvalue weighted by Gasteiger charge is 2.15. The number of ether oxygens (including phenoxy) is 2. The van der Waals surface area contributed by atoms with Crippen LogP contribution in [0.15, 0.2) is 54.7 Å². The van der Waals surface area contributed by atoms with Crippen molar-refractivity contribution in [3.63, 3.8) is 0 Å². The van der Waals surface area contributed by atoms with Gasteiger partial charge in [0.2, 0.25) is 0 Å². The lowest BCUT2D eigenvalue weighted by atomic mass is 10.1. The van der Waals surface area contributed by atoms with E-state index in [-0.39, 0.29) is 12.5 Å². The normalized spacial score (nSPS) is 13.1. The summed E-state index contributed by atoms with van der Waals surface area (Å²) in [4.78, 5) is 17.0. The molecule has 0 fully saturated rings. The van der Waals surface area contributed by atoms with E-state index in [1.165, 1.54) is 18.5 Å². The minimum atomic E-state index is -0.231. The van der Waals surface area contributed by atoms with Crippen LogP contribution < -0.4 is 14.8 Å². The van der Waals surface area contributed by atoms with Crippen molar-refractivity contribution in [1.82, 2.24) is 9.55 Å². The number of amides is 1. The van der Waals surface area contributed by atoms with Crippen molar-refractivity contribution in [2.24, 2.45) is 0 Å². The summed E-state index contributed by atoms with van der Waals surface area (Å²) in [5.41, 5.74) is 4.08. The quantitative estimate of drug-likeness (QED) is 0.591. The second-order valence-corrected chi connectivity index (χ2v) is 7.51. The number of allylic oxidation sites excluding steroid dienone is 1.